The van der Waals surface area contributed by atoms with Crippen LogP contribution < -0.4 is 4.72 Å². The molecular formula is C15H23N3O7S2. The number of nitrogens with zero attached hydrogens (tertiary/aromatic N) is 2. The van der Waals surface area contributed by atoms with Gasteiger partial charge in [0.2, 0.25) is 20.0 Å². The minimum Gasteiger partial charge on any atom is -0.508 e. The molecule has 12 heteroatoms. The summed E-state index contributed by atoms with van der Waals surface area (Å²) < 4.78 is 56.4. The third-order valence-corrected chi connectivity index (χ3v) is 7.01. The highest BCUT2D eigenvalue weighted by Gasteiger charge is 2.33. The van der Waals surface area contributed by atoms with Gasteiger partial charge in [0.05, 0.1) is 18.3 Å². The van der Waals surface area contributed by atoms with Crippen LogP contribution in [-0.2, 0) is 29.6 Å². The number of hydrogen-bond acceptors (Lipinski definition) is 8. The van der Waals surface area contributed by atoms with Crippen molar-refractivity contribution in [3.63, 3.8) is 0 Å². The summed E-state index contributed by atoms with van der Waals surface area (Å²) in [4.78, 5) is 13.8. The number of rotatable bonds is 7. The second-order valence-corrected chi connectivity index (χ2v) is 9.83. The maximum Gasteiger partial charge on any atom is 0.324 e. The van der Waals surface area contributed by atoms with Crippen LogP contribution in [-0.4, -0.2) is 89.2 Å². The fourth-order valence-electron chi connectivity index (χ4n) is 2.74. The lowest BCUT2D eigenvalue weighted by Gasteiger charge is -2.36. The number of carbonyl (C=O) groups is 1. The summed E-state index contributed by atoms with van der Waals surface area (Å²) in [6, 6.07) is 4.10. The molecule has 1 aromatic carbocycles. The summed E-state index contributed by atoms with van der Waals surface area (Å²) in [5, 5.41) is 9.26. The molecule has 1 aromatic rings. The maximum absolute atomic E-state index is 12.4. The molecule has 0 bridgehead atoms. The quantitative estimate of drug-likeness (QED) is 0.524. The van der Waals surface area contributed by atoms with Gasteiger partial charge >= 0.3 is 5.97 Å². The highest BCUT2D eigenvalue weighted by molar-refractivity contribution is 7.89. The van der Waals surface area contributed by atoms with Crippen molar-refractivity contribution in [1.29, 1.82) is 0 Å². The molecule has 1 aliphatic heterocycles. The summed E-state index contributed by atoms with van der Waals surface area (Å²) in [6.07, 6.45) is 1.12. The lowest BCUT2D eigenvalue weighted by atomic mass is 10.2. The average Bonchev–Trinajstić information content (AvgIpc) is 2.61. The molecule has 1 heterocycles. The first kappa shape index (κ1) is 21.6. The van der Waals surface area contributed by atoms with E-state index in [1.165, 1.54) is 35.7 Å². The Balaban J connectivity index is 2.07. The van der Waals surface area contributed by atoms with Gasteiger partial charge in [-0.05, 0) is 24.3 Å². The zero-order valence-electron chi connectivity index (χ0n) is 15.0. The molecule has 0 spiro atoms. The van der Waals surface area contributed by atoms with Gasteiger partial charge in [0, 0.05) is 32.7 Å². The smallest absolute Gasteiger partial charge is 0.324 e. The number of sulfonamides is 2. The molecule has 0 aromatic heterocycles. The van der Waals surface area contributed by atoms with Gasteiger partial charge in [-0.2, -0.15) is 4.31 Å². The Labute approximate surface area is 158 Å². The zero-order chi connectivity index (χ0) is 20.2. The molecular weight excluding hydrogens is 398 g/mol. The monoisotopic (exact) mass is 421 g/mol. The van der Waals surface area contributed by atoms with Crippen molar-refractivity contribution >= 4 is 26.0 Å². The first-order valence-corrected chi connectivity index (χ1v) is 11.4. The minimum atomic E-state index is -3.89. The van der Waals surface area contributed by atoms with E-state index in [0.29, 0.717) is 0 Å². The van der Waals surface area contributed by atoms with E-state index in [1.807, 2.05) is 0 Å². The first-order valence-electron chi connectivity index (χ1n) is 8.10. The number of carbonyl (C=O) groups excluding carboxylic acids is 1. The number of phenolic OH excluding ortho intramolecular Hbond substituents is 1. The predicted molar refractivity (Wildman–Crippen MR) is 97.1 cm³/mol. The van der Waals surface area contributed by atoms with Crippen LogP contribution in [0.1, 0.15) is 0 Å². The van der Waals surface area contributed by atoms with Gasteiger partial charge in [-0.25, -0.2) is 21.6 Å². The molecule has 0 unspecified atom stereocenters. The van der Waals surface area contributed by atoms with Crippen LogP contribution in [0.15, 0.2) is 29.2 Å². The summed E-state index contributed by atoms with van der Waals surface area (Å²) in [7, 11) is -6.00. The Morgan fingerprint density at radius 3 is 2.19 bits per heavy atom. The van der Waals surface area contributed by atoms with Crippen molar-refractivity contribution in [3.8, 4) is 5.75 Å². The van der Waals surface area contributed by atoms with Crippen molar-refractivity contribution in [3.05, 3.63) is 24.3 Å². The molecule has 1 fully saturated rings. The number of methoxy groups -OCH3 is 1. The van der Waals surface area contributed by atoms with Gasteiger partial charge in [0.25, 0.3) is 0 Å². The molecule has 2 N–H and O–H groups in total. The van der Waals surface area contributed by atoms with Gasteiger partial charge in [0.15, 0.2) is 0 Å². The van der Waals surface area contributed by atoms with Crippen molar-refractivity contribution in [2.45, 2.75) is 10.9 Å². The van der Waals surface area contributed by atoms with E-state index in [1.54, 1.807) is 4.90 Å². The predicted octanol–water partition coefficient (Wildman–Crippen LogP) is -1.21. The summed E-state index contributed by atoms with van der Waals surface area (Å²) in [5.41, 5.74) is 0. The van der Waals surface area contributed by atoms with Gasteiger partial charge < -0.3 is 9.84 Å². The van der Waals surface area contributed by atoms with Crippen molar-refractivity contribution in [2.24, 2.45) is 0 Å². The van der Waals surface area contributed by atoms with Gasteiger partial charge in [-0.15, -0.1) is 0 Å². The largest absolute Gasteiger partial charge is 0.508 e. The van der Waals surface area contributed by atoms with E-state index in [9.17, 15) is 26.7 Å². The third-order valence-electron chi connectivity index (χ3n) is 4.27. The molecule has 1 aliphatic rings. The highest BCUT2D eigenvalue weighted by Crippen LogP contribution is 2.15. The Morgan fingerprint density at radius 2 is 1.70 bits per heavy atom. The second-order valence-electron chi connectivity index (χ2n) is 6.08. The zero-order valence-corrected chi connectivity index (χ0v) is 16.7. The van der Waals surface area contributed by atoms with E-state index < -0.39 is 32.1 Å². The fraction of sp³-hybridized carbons (Fsp3) is 0.533. The van der Waals surface area contributed by atoms with Crippen LogP contribution in [0.25, 0.3) is 0 Å². The highest BCUT2D eigenvalue weighted by atomic mass is 32.2. The number of ether oxygens (including phenoxy) is 1. The normalized spacial score (nSPS) is 18.1. The SMILES string of the molecule is COC(=O)[C@@H](CNS(=O)(=O)c1ccc(O)cc1)N1CCN(S(C)(=O)=O)CC1. The number of esters is 1. The van der Waals surface area contributed by atoms with E-state index in [-0.39, 0.29) is 43.4 Å². The average molecular weight is 421 g/mol. The molecule has 27 heavy (non-hydrogen) atoms. The van der Waals surface area contributed by atoms with Crippen LogP contribution in [0.4, 0.5) is 0 Å². The van der Waals surface area contributed by atoms with Crippen LogP contribution in [0.2, 0.25) is 0 Å². The van der Waals surface area contributed by atoms with Crippen LogP contribution in [0.3, 0.4) is 0 Å². The summed E-state index contributed by atoms with van der Waals surface area (Å²) >= 11 is 0. The Bertz CT molecular complexity index is 861. The van der Waals surface area contributed by atoms with Crippen LogP contribution in [0, 0.1) is 0 Å². The fourth-order valence-corrected chi connectivity index (χ4v) is 4.61. The second kappa shape index (κ2) is 8.52. The number of phenols is 1. The Morgan fingerprint density at radius 1 is 1.15 bits per heavy atom. The number of benzene rings is 1. The van der Waals surface area contributed by atoms with Crippen molar-refractivity contribution < 1.29 is 31.5 Å². The number of nitrogens with one attached hydrogen (secondary N) is 1. The van der Waals surface area contributed by atoms with E-state index >= 15 is 0 Å². The molecule has 0 aliphatic carbocycles. The van der Waals surface area contributed by atoms with E-state index in [0.717, 1.165) is 6.26 Å². The molecule has 0 amide bonds. The molecule has 1 saturated heterocycles. The first-order chi connectivity index (χ1) is 12.5. The van der Waals surface area contributed by atoms with Crippen LogP contribution in [0.5, 0.6) is 5.75 Å². The Hall–Kier alpha value is -1.73. The number of hydrogen-bond donors (Lipinski definition) is 2. The Kier molecular flexibility index (Phi) is 6.81. The number of aromatic hydroxyl groups is 1. The maximum atomic E-state index is 12.4. The third kappa shape index (κ3) is 5.62. The molecule has 152 valence electrons. The lowest BCUT2D eigenvalue weighted by molar-refractivity contribution is -0.147. The van der Waals surface area contributed by atoms with E-state index in [2.05, 4.69) is 4.72 Å². The molecule has 1 atom stereocenters. The molecule has 0 radical (unpaired) electrons. The number of piperazine rings is 1. The summed E-state index contributed by atoms with van der Waals surface area (Å²) in [5.74, 6) is -0.679. The van der Waals surface area contributed by atoms with Crippen molar-refractivity contribution in [1.82, 2.24) is 13.9 Å². The van der Waals surface area contributed by atoms with Gasteiger partial charge in [0.1, 0.15) is 11.8 Å². The van der Waals surface area contributed by atoms with Gasteiger partial charge in [-0.1, -0.05) is 0 Å². The van der Waals surface area contributed by atoms with Gasteiger partial charge in [-0.3, -0.25) is 9.69 Å². The topological polar surface area (TPSA) is 133 Å². The lowest BCUT2D eigenvalue weighted by Crippen LogP contribution is -2.56. The molecule has 0 saturated carbocycles. The molecule has 2 rings (SSSR count). The minimum absolute atomic E-state index is 0.0502. The van der Waals surface area contributed by atoms with Crippen molar-refractivity contribution in [2.75, 3.05) is 46.1 Å². The van der Waals surface area contributed by atoms with Crippen LogP contribution >= 0.6 is 0 Å². The summed E-state index contributed by atoms with van der Waals surface area (Å²) in [6.45, 7) is 0.727. The molecule has 10 nitrogen and oxygen atoms in total. The standard InChI is InChI=1S/C15H23N3O7S2/c1-25-15(20)14(17-7-9-18(10-8-17)26(2,21)22)11-16-27(23,24)13-5-3-12(19)4-6-13/h3-6,14,16,19H,7-11H2,1-2H3/t14-/m1/s1. The van der Waals surface area contributed by atoms with E-state index in [4.69, 9.17) is 4.74 Å².